The minimum absolute atomic E-state index is 0.370. The molecule has 1 saturated heterocycles. The van der Waals surface area contributed by atoms with Crippen molar-refractivity contribution >= 4 is 0 Å². The molecule has 3 N–H and O–H groups in total. The lowest BCUT2D eigenvalue weighted by molar-refractivity contribution is 0.181. The van der Waals surface area contributed by atoms with Gasteiger partial charge in [-0.2, -0.15) is 0 Å². The second-order valence-corrected chi connectivity index (χ2v) is 4.14. The summed E-state index contributed by atoms with van der Waals surface area (Å²) in [6.45, 7) is 7.96. The fourth-order valence-electron chi connectivity index (χ4n) is 1.87. The molecule has 3 nitrogen and oxygen atoms in total. The zero-order valence-corrected chi connectivity index (χ0v) is 9.09. The Morgan fingerprint density at radius 1 is 1.71 bits per heavy atom. The molecule has 0 aromatic heterocycles. The van der Waals surface area contributed by atoms with Crippen LogP contribution in [-0.4, -0.2) is 19.3 Å². The molecule has 14 heavy (non-hydrogen) atoms. The van der Waals surface area contributed by atoms with Crippen molar-refractivity contribution in [2.75, 3.05) is 13.2 Å². The van der Waals surface area contributed by atoms with E-state index in [0.717, 1.165) is 32.5 Å². The SMILES string of the molecule is C=C(CC)CC(CC1CCOC1)NN. The third-order valence-electron chi connectivity index (χ3n) is 2.91. The van der Waals surface area contributed by atoms with Gasteiger partial charge in [-0.15, -0.1) is 0 Å². The molecule has 0 saturated carbocycles. The van der Waals surface area contributed by atoms with Gasteiger partial charge in [-0.25, -0.2) is 0 Å². The first-order chi connectivity index (χ1) is 6.76. The largest absolute Gasteiger partial charge is 0.381 e. The van der Waals surface area contributed by atoms with E-state index in [-0.39, 0.29) is 0 Å². The average Bonchev–Trinajstić information content (AvgIpc) is 2.69. The fourth-order valence-corrected chi connectivity index (χ4v) is 1.87. The molecule has 0 bridgehead atoms. The Morgan fingerprint density at radius 3 is 3.00 bits per heavy atom. The molecule has 2 atom stereocenters. The van der Waals surface area contributed by atoms with E-state index in [1.54, 1.807) is 0 Å². The fraction of sp³-hybridized carbons (Fsp3) is 0.818. The number of ether oxygens (including phenoxy) is 1. The molecule has 1 rings (SSSR count). The van der Waals surface area contributed by atoms with Crippen LogP contribution in [0, 0.1) is 5.92 Å². The number of nitrogens with one attached hydrogen (secondary N) is 1. The summed E-state index contributed by atoms with van der Waals surface area (Å²) in [5.41, 5.74) is 4.15. The summed E-state index contributed by atoms with van der Waals surface area (Å²) >= 11 is 0. The van der Waals surface area contributed by atoms with Crippen LogP contribution in [0.2, 0.25) is 0 Å². The normalized spacial score (nSPS) is 23.7. The number of nitrogens with two attached hydrogens (primary N) is 1. The summed E-state index contributed by atoms with van der Waals surface area (Å²) in [6.07, 6.45) is 4.31. The smallest absolute Gasteiger partial charge is 0.0495 e. The quantitative estimate of drug-likeness (QED) is 0.387. The first-order valence-corrected chi connectivity index (χ1v) is 5.46. The highest BCUT2D eigenvalue weighted by Gasteiger charge is 2.20. The van der Waals surface area contributed by atoms with Gasteiger partial charge in [0.2, 0.25) is 0 Å². The third kappa shape index (κ3) is 3.78. The van der Waals surface area contributed by atoms with Crippen molar-refractivity contribution in [1.29, 1.82) is 0 Å². The molecule has 2 unspecified atom stereocenters. The molecule has 82 valence electrons. The van der Waals surface area contributed by atoms with E-state index in [2.05, 4.69) is 18.9 Å². The zero-order valence-electron chi connectivity index (χ0n) is 9.09. The maximum Gasteiger partial charge on any atom is 0.0495 e. The number of hydrazine groups is 1. The van der Waals surface area contributed by atoms with Gasteiger partial charge >= 0.3 is 0 Å². The van der Waals surface area contributed by atoms with Crippen LogP contribution in [0.3, 0.4) is 0 Å². The van der Waals surface area contributed by atoms with E-state index in [4.69, 9.17) is 10.6 Å². The maximum absolute atomic E-state index is 5.52. The molecular weight excluding hydrogens is 176 g/mol. The van der Waals surface area contributed by atoms with Gasteiger partial charge in [-0.1, -0.05) is 19.1 Å². The van der Waals surface area contributed by atoms with Crippen LogP contribution in [0.25, 0.3) is 0 Å². The first kappa shape index (κ1) is 11.7. The molecule has 0 aromatic rings. The van der Waals surface area contributed by atoms with Crippen LogP contribution in [0.1, 0.15) is 32.6 Å². The van der Waals surface area contributed by atoms with Gasteiger partial charge in [-0.05, 0) is 31.6 Å². The summed E-state index contributed by atoms with van der Waals surface area (Å²) in [5.74, 6) is 6.20. The van der Waals surface area contributed by atoms with Crippen molar-refractivity contribution in [2.45, 2.75) is 38.6 Å². The molecule has 3 heteroatoms. The predicted molar refractivity (Wildman–Crippen MR) is 58.7 cm³/mol. The minimum atomic E-state index is 0.370. The summed E-state index contributed by atoms with van der Waals surface area (Å²) < 4.78 is 5.34. The van der Waals surface area contributed by atoms with Gasteiger partial charge in [0.25, 0.3) is 0 Å². The van der Waals surface area contributed by atoms with Crippen molar-refractivity contribution in [3.63, 3.8) is 0 Å². The molecule has 1 fully saturated rings. The van der Waals surface area contributed by atoms with Crippen molar-refractivity contribution in [3.05, 3.63) is 12.2 Å². The molecular formula is C11H22N2O. The zero-order chi connectivity index (χ0) is 10.4. The van der Waals surface area contributed by atoms with Gasteiger partial charge in [0.05, 0.1) is 0 Å². The molecule has 0 aliphatic carbocycles. The van der Waals surface area contributed by atoms with E-state index in [9.17, 15) is 0 Å². The Hall–Kier alpha value is -0.380. The topological polar surface area (TPSA) is 47.3 Å². The van der Waals surface area contributed by atoms with Crippen LogP contribution in [0.5, 0.6) is 0 Å². The Kier molecular flexibility index (Phi) is 5.15. The second-order valence-electron chi connectivity index (χ2n) is 4.14. The second kappa shape index (κ2) is 6.17. The van der Waals surface area contributed by atoms with Gasteiger partial charge in [0.1, 0.15) is 0 Å². The summed E-state index contributed by atoms with van der Waals surface area (Å²) in [7, 11) is 0. The molecule has 1 aliphatic rings. The maximum atomic E-state index is 5.52. The van der Waals surface area contributed by atoms with Crippen LogP contribution >= 0.6 is 0 Å². The number of hydrogen-bond donors (Lipinski definition) is 2. The van der Waals surface area contributed by atoms with Crippen molar-refractivity contribution in [3.8, 4) is 0 Å². The van der Waals surface area contributed by atoms with Gasteiger partial charge in [-0.3, -0.25) is 11.3 Å². The number of hydrogen-bond acceptors (Lipinski definition) is 3. The Balaban J connectivity index is 2.26. The van der Waals surface area contributed by atoms with Crippen LogP contribution in [-0.2, 0) is 4.74 Å². The molecule has 0 aromatic carbocycles. The van der Waals surface area contributed by atoms with E-state index < -0.39 is 0 Å². The lowest BCUT2D eigenvalue weighted by atomic mass is 9.95. The highest BCUT2D eigenvalue weighted by Crippen LogP contribution is 2.21. The van der Waals surface area contributed by atoms with E-state index in [1.165, 1.54) is 12.0 Å². The minimum Gasteiger partial charge on any atom is -0.381 e. The van der Waals surface area contributed by atoms with E-state index in [1.807, 2.05) is 0 Å². The van der Waals surface area contributed by atoms with Crippen molar-refractivity contribution in [2.24, 2.45) is 11.8 Å². The highest BCUT2D eigenvalue weighted by atomic mass is 16.5. The Labute approximate surface area is 86.7 Å². The van der Waals surface area contributed by atoms with Crippen molar-refractivity contribution in [1.82, 2.24) is 5.43 Å². The average molecular weight is 198 g/mol. The lowest BCUT2D eigenvalue weighted by Crippen LogP contribution is -2.37. The summed E-state index contributed by atoms with van der Waals surface area (Å²) in [6, 6.07) is 0.370. The summed E-state index contributed by atoms with van der Waals surface area (Å²) in [4.78, 5) is 0. The Morgan fingerprint density at radius 2 is 2.50 bits per heavy atom. The molecule has 0 radical (unpaired) electrons. The van der Waals surface area contributed by atoms with Gasteiger partial charge < -0.3 is 4.74 Å². The third-order valence-corrected chi connectivity index (χ3v) is 2.91. The number of rotatable bonds is 6. The van der Waals surface area contributed by atoms with E-state index >= 15 is 0 Å². The predicted octanol–water partition coefficient (Wildman–Crippen LogP) is 1.60. The lowest BCUT2D eigenvalue weighted by Gasteiger charge is -2.19. The highest BCUT2D eigenvalue weighted by molar-refractivity contribution is 4.96. The van der Waals surface area contributed by atoms with Gasteiger partial charge in [0, 0.05) is 19.3 Å². The van der Waals surface area contributed by atoms with Gasteiger partial charge in [0.15, 0.2) is 0 Å². The Bertz CT molecular complexity index is 176. The monoisotopic (exact) mass is 198 g/mol. The first-order valence-electron chi connectivity index (χ1n) is 5.46. The molecule has 1 heterocycles. The van der Waals surface area contributed by atoms with Crippen molar-refractivity contribution < 1.29 is 4.74 Å². The molecule has 1 aliphatic heterocycles. The van der Waals surface area contributed by atoms with Crippen LogP contribution < -0.4 is 11.3 Å². The molecule has 0 amide bonds. The van der Waals surface area contributed by atoms with Crippen LogP contribution in [0.4, 0.5) is 0 Å². The summed E-state index contributed by atoms with van der Waals surface area (Å²) in [5, 5.41) is 0. The standard InChI is InChI=1S/C11H22N2O/c1-3-9(2)6-11(13-12)7-10-4-5-14-8-10/h10-11,13H,2-8,12H2,1H3. The van der Waals surface area contributed by atoms with E-state index in [0.29, 0.717) is 12.0 Å². The van der Waals surface area contributed by atoms with Crippen LogP contribution in [0.15, 0.2) is 12.2 Å². The molecule has 0 spiro atoms.